The lowest BCUT2D eigenvalue weighted by atomic mass is 10.2. The summed E-state index contributed by atoms with van der Waals surface area (Å²) in [5.74, 6) is 0.00121. The van der Waals surface area contributed by atoms with Gasteiger partial charge in [0, 0.05) is 20.0 Å². The van der Waals surface area contributed by atoms with E-state index in [4.69, 9.17) is 0 Å². The van der Waals surface area contributed by atoms with Gasteiger partial charge in [-0.05, 0) is 39.0 Å². The molecule has 0 unspecified atom stereocenters. The van der Waals surface area contributed by atoms with Gasteiger partial charge in [-0.1, -0.05) is 0 Å². The Labute approximate surface area is 141 Å². The van der Waals surface area contributed by atoms with Crippen LogP contribution in [-0.4, -0.2) is 10.9 Å². The number of nitrogens with zero attached hydrogens (tertiary/aromatic N) is 1. The fourth-order valence-electron chi connectivity index (χ4n) is 2.21. The highest BCUT2D eigenvalue weighted by Crippen LogP contribution is 2.29. The van der Waals surface area contributed by atoms with Crippen LogP contribution in [0.5, 0.6) is 0 Å². The minimum absolute atomic E-state index is 0.00121. The molecule has 22 heavy (non-hydrogen) atoms. The molecule has 0 saturated carbocycles. The van der Waals surface area contributed by atoms with Crippen molar-refractivity contribution in [1.29, 1.82) is 0 Å². The molecule has 6 heteroatoms. The summed E-state index contributed by atoms with van der Waals surface area (Å²) in [5, 5.41) is 6.14. The van der Waals surface area contributed by atoms with E-state index in [9.17, 15) is 4.79 Å². The number of aromatic nitrogens is 1. The van der Waals surface area contributed by atoms with Crippen LogP contribution in [0.2, 0.25) is 0 Å². The summed E-state index contributed by atoms with van der Waals surface area (Å²) in [5.41, 5.74) is 1.81. The number of thiazole rings is 1. The maximum atomic E-state index is 12.2. The van der Waals surface area contributed by atoms with Crippen molar-refractivity contribution < 1.29 is 4.79 Å². The van der Waals surface area contributed by atoms with E-state index in [0.717, 1.165) is 30.9 Å². The molecule has 3 rings (SSSR count). The fourth-order valence-corrected chi connectivity index (χ4v) is 4.72. The van der Waals surface area contributed by atoms with Crippen LogP contribution in [0, 0.1) is 20.8 Å². The Morgan fingerprint density at radius 2 is 2.05 bits per heavy atom. The third kappa shape index (κ3) is 3.29. The fraction of sp³-hybridized carbons (Fsp3) is 0.250. The molecule has 3 heterocycles. The molecule has 0 radical (unpaired) electrons. The molecule has 0 spiro atoms. The minimum Gasteiger partial charge on any atom is -0.347 e. The van der Waals surface area contributed by atoms with E-state index in [2.05, 4.69) is 27.8 Å². The predicted octanol–water partition coefficient (Wildman–Crippen LogP) is 4.79. The van der Waals surface area contributed by atoms with Gasteiger partial charge in [-0.2, -0.15) is 0 Å². The molecule has 1 amide bonds. The van der Waals surface area contributed by atoms with Crippen LogP contribution in [0.3, 0.4) is 0 Å². The van der Waals surface area contributed by atoms with Gasteiger partial charge in [-0.3, -0.25) is 4.79 Å². The number of hydrogen-bond donors (Lipinski definition) is 1. The normalized spacial score (nSPS) is 10.9. The molecule has 3 nitrogen and oxygen atoms in total. The lowest BCUT2D eigenvalue weighted by Crippen LogP contribution is -2.22. The Morgan fingerprint density at radius 3 is 2.68 bits per heavy atom. The molecular formula is C16H16N2OS3. The number of amides is 1. The van der Waals surface area contributed by atoms with E-state index in [-0.39, 0.29) is 5.91 Å². The second-order valence-electron chi connectivity index (χ2n) is 5.03. The number of hydrogen-bond acceptors (Lipinski definition) is 5. The zero-order chi connectivity index (χ0) is 15.7. The minimum atomic E-state index is 0.00121. The number of aryl methyl sites for hydroxylation is 3. The van der Waals surface area contributed by atoms with E-state index in [1.165, 1.54) is 4.88 Å². The van der Waals surface area contributed by atoms with Crippen LogP contribution in [0.25, 0.3) is 10.6 Å². The monoisotopic (exact) mass is 348 g/mol. The smallest absolute Gasteiger partial charge is 0.252 e. The molecule has 0 bridgehead atoms. The highest BCUT2D eigenvalue weighted by atomic mass is 32.1. The van der Waals surface area contributed by atoms with Crippen molar-refractivity contribution in [2.75, 3.05) is 0 Å². The van der Waals surface area contributed by atoms with Gasteiger partial charge >= 0.3 is 0 Å². The van der Waals surface area contributed by atoms with E-state index >= 15 is 0 Å². The van der Waals surface area contributed by atoms with Crippen molar-refractivity contribution in [2.45, 2.75) is 27.3 Å². The van der Waals surface area contributed by atoms with Gasteiger partial charge in [-0.15, -0.1) is 34.0 Å². The quantitative estimate of drug-likeness (QED) is 0.736. The molecule has 0 atom stereocenters. The largest absolute Gasteiger partial charge is 0.347 e. The highest BCUT2D eigenvalue weighted by molar-refractivity contribution is 7.16. The number of carbonyl (C=O) groups is 1. The zero-order valence-corrected chi connectivity index (χ0v) is 15.0. The van der Waals surface area contributed by atoms with Crippen LogP contribution in [0.4, 0.5) is 0 Å². The highest BCUT2D eigenvalue weighted by Gasteiger charge is 2.12. The maximum Gasteiger partial charge on any atom is 0.252 e. The van der Waals surface area contributed by atoms with E-state index in [1.54, 1.807) is 34.0 Å². The summed E-state index contributed by atoms with van der Waals surface area (Å²) < 4.78 is 0. The lowest BCUT2D eigenvalue weighted by Gasteiger charge is -2.02. The average molecular weight is 349 g/mol. The Balaban J connectivity index is 1.66. The van der Waals surface area contributed by atoms with Crippen molar-refractivity contribution in [2.24, 2.45) is 0 Å². The van der Waals surface area contributed by atoms with Gasteiger partial charge in [0.2, 0.25) is 0 Å². The first-order chi connectivity index (χ1) is 10.5. The van der Waals surface area contributed by atoms with Crippen LogP contribution in [0.15, 0.2) is 23.6 Å². The van der Waals surface area contributed by atoms with Gasteiger partial charge in [-0.25, -0.2) is 4.98 Å². The standard InChI is InChI=1S/C16H16N2OS3/c1-9-6-13(10(2)21-9)16(19)17-7-12-4-5-15(22-12)14-8-20-11(3)18-14/h4-6,8H,7H2,1-3H3,(H,17,19). The van der Waals surface area contributed by atoms with Crippen molar-refractivity contribution in [3.8, 4) is 10.6 Å². The second-order valence-corrected chi connectivity index (χ2v) is 8.72. The third-order valence-corrected chi connectivity index (χ3v) is 6.09. The topological polar surface area (TPSA) is 42.0 Å². The zero-order valence-electron chi connectivity index (χ0n) is 12.6. The van der Waals surface area contributed by atoms with Gasteiger partial charge < -0.3 is 5.32 Å². The Kier molecular flexibility index (Phi) is 4.42. The first-order valence-corrected chi connectivity index (χ1v) is 9.40. The maximum absolute atomic E-state index is 12.2. The molecular weight excluding hydrogens is 332 g/mol. The van der Waals surface area contributed by atoms with Crippen molar-refractivity contribution in [1.82, 2.24) is 10.3 Å². The van der Waals surface area contributed by atoms with Crippen LogP contribution in [0.1, 0.15) is 30.0 Å². The van der Waals surface area contributed by atoms with Gasteiger partial charge in [0.25, 0.3) is 5.91 Å². The van der Waals surface area contributed by atoms with Crippen LogP contribution < -0.4 is 5.32 Å². The van der Waals surface area contributed by atoms with Crippen LogP contribution >= 0.6 is 34.0 Å². The number of thiophene rings is 2. The molecule has 0 aliphatic carbocycles. The van der Waals surface area contributed by atoms with Crippen molar-refractivity contribution in [3.05, 3.63) is 48.8 Å². The summed E-state index contributed by atoms with van der Waals surface area (Å²) in [7, 11) is 0. The van der Waals surface area contributed by atoms with E-state index in [1.807, 2.05) is 26.8 Å². The van der Waals surface area contributed by atoms with E-state index < -0.39 is 0 Å². The Bertz CT molecular complexity index is 813. The van der Waals surface area contributed by atoms with Gasteiger partial charge in [0.1, 0.15) is 0 Å². The SMILES string of the molecule is Cc1cc(C(=O)NCc2ccc(-c3csc(C)n3)s2)c(C)s1. The molecule has 0 saturated heterocycles. The first-order valence-electron chi connectivity index (χ1n) is 6.89. The second kappa shape index (κ2) is 6.32. The predicted molar refractivity (Wildman–Crippen MR) is 95.1 cm³/mol. The molecule has 1 N–H and O–H groups in total. The third-order valence-electron chi connectivity index (χ3n) is 3.24. The number of rotatable bonds is 4. The molecule has 114 valence electrons. The summed E-state index contributed by atoms with van der Waals surface area (Å²) >= 11 is 4.99. The molecule has 0 aromatic carbocycles. The number of carbonyl (C=O) groups excluding carboxylic acids is 1. The molecule has 3 aromatic heterocycles. The summed E-state index contributed by atoms with van der Waals surface area (Å²) in [6.07, 6.45) is 0. The van der Waals surface area contributed by atoms with Crippen LogP contribution in [-0.2, 0) is 6.54 Å². The Hall–Kier alpha value is -1.50. The molecule has 0 aliphatic rings. The summed E-state index contributed by atoms with van der Waals surface area (Å²) in [6, 6.07) is 6.08. The molecule has 0 fully saturated rings. The van der Waals surface area contributed by atoms with E-state index in [0.29, 0.717) is 6.54 Å². The van der Waals surface area contributed by atoms with Crippen molar-refractivity contribution >= 4 is 39.9 Å². The van der Waals surface area contributed by atoms with Gasteiger partial charge in [0.05, 0.1) is 27.7 Å². The van der Waals surface area contributed by atoms with Crippen molar-refractivity contribution in [3.63, 3.8) is 0 Å². The average Bonchev–Trinajstić information content (AvgIpc) is 3.16. The number of nitrogens with one attached hydrogen (secondary N) is 1. The summed E-state index contributed by atoms with van der Waals surface area (Å²) in [4.78, 5) is 21.2. The lowest BCUT2D eigenvalue weighted by molar-refractivity contribution is 0.0951. The first kappa shape index (κ1) is 15.4. The molecule has 3 aromatic rings. The summed E-state index contributed by atoms with van der Waals surface area (Å²) in [6.45, 7) is 6.57. The molecule has 0 aliphatic heterocycles. The Morgan fingerprint density at radius 1 is 1.23 bits per heavy atom. The van der Waals surface area contributed by atoms with Gasteiger partial charge in [0.15, 0.2) is 0 Å².